The van der Waals surface area contributed by atoms with Crippen molar-refractivity contribution in [1.29, 1.82) is 0 Å². The quantitative estimate of drug-likeness (QED) is 0.875. The molecular formula is C11H12N4O2. The van der Waals surface area contributed by atoms with E-state index in [1.807, 2.05) is 6.92 Å². The van der Waals surface area contributed by atoms with Gasteiger partial charge in [0, 0.05) is 18.5 Å². The van der Waals surface area contributed by atoms with Crippen LogP contribution in [0, 0.1) is 0 Å². The average Bonchev–Trinajstić information content (AvgIpc) is 2.86. The molecule has 0 spiro atoms. The summed E-state index contributed by atoms with van der Waals surface area (Å²) in [5, 5.41) is 2.68. The Labute approximate surface area is 98.3 Å². The van der Waals surface area contributed by atoms with Crippen LogP contribution >= 0.6 is 0 Å². The minimum absolute atomic E-state index is 0.284. The minimum Gasteiger partial charge on any atom is -0.478 e. The number of hydrogen-bond acceptors (Lipinski definition) is 4. The highest BCUT2D eigenvalue weighted by Gasteiger charge is 2.04. The fourth-order valence-corrected chi connectivity index (χ4v) is 1.25. The monoisotopic (exact) mass is 232 g/mol. The van der Waals surface area contributed by atoms with E-state index < -0.39 is 0 Å². The van der Waals surface area contributed by atoms with E-state index in [1.165, 1.54) is 17.1 Å². The minimum atomic E-state index is -0.284. The van der Waals surface area contributed by atoms with Crippen LogP contribution in [0.15, 0.2) is 37.1 Å². The lowest BCUT2D eigenvalue weighted by atomic mass is 10.4. The number of aromatic nitrogens is 3. The molecule has 0 saturated heterocycles. The molecule has 6 nitrogen and oxygen atoms in total. The first-order valence-electron chi connectivity index (χ1n) is 5.17. The summed E-state index contributed by atoms with van der Waals surface area (Å²) in [6.45, 7) is 2.45. The van der Waals surface area contributed by atoms with Crippen molar-refractivity contribution in [1.82, 2.24) is 14.5 Å². The zero-order chi connectivity index (χ0) is 12.1. The Bertz CT molecular complexity index is 479. The van der Waals surface area contributed by atoms with Gasteiger partial charge in [0.2, 0.25) is 5.88 Å². The molecule has 17 heavy (non-hydrogen) atoms. The van der Waals surface area contributed by atoms with Gasteiger partial charge in [-0.1, -0.05) is 0 Å². The number of pyridine rings is 1. The van der Waals surface area contributed by atoms with E-state index in [1.54, 1.807) is 24.5 Å². The molecule has 2 aromatic rings. The summed E-state index contributed by atoms with van der Waals surface area (Å²) in [4.78, 5) is 19.5. The van der Waals surface area contributed by atoms with Crippen molar-refractivity contribution in [2.75, 3.05) is 11.9 Å². The molecule has 0 saturated carbocycles. The number of nitrogens with zero attached hydrogens (tertiary/aromatic N) is 3. The molecule has 0 radical (unpaired) electrons. The molecule has 6 heteroatoms. The highest BCUT2D eigenvalue weighted by atomic mass is 16.5. The molecule has 0 bridgehead atoms. The predicted octanol–water partition coefficient (Wildman–Crippen LogP) is 1.76. The lowest BCUT2D eigenvalue weighted by Gasteiger charge is -2.06. The van der Waals surface area contributed by atoms with Crippen molar-refractivity contribution >= 4 is 11.7 Å². The summed E-state index contributed by atoms with van der Waals surface area (Å²) >= 11 is 0. The molecule has 1 amide bonds. The van der Waals surface area contributed by atoms with Gasteiger partial charge in [0.1, 0.15) is 6.33 Å². The summed E-state index contributed by atoms with van der Waals surface area (Å²) in [6, 6.07) is 3.15. The number of carbonyl (C=O) groups is 1. The third-order valence-electron chi connectivity index (χ3n) is 2.02. The number of imidazole rings is 1. The fourth-order valence-electron chi connectivity index (χ4n) is 1.25. The SMILES string of the molecule is CCOc1ccc(NC(=O)n2ccnc2)cn1. The zero-order valence-corrected chi connectivity index (χ0v) is 9.33. The van der Waals surface area contributed by atoms with Crippen molar-refractivity contribution < 1.29 is 9.53 Å². The third kappa shape index (κ3) is 2.81. The van der Waals surface area contributed by atoms with Gasteiger partial charge < -0.3 is 10.1 Å². The normalized spacial score (nSPS) is 9.94. The number of hydrogen-bond donors (Lipinski definition) is 1. The predicted molar refractivity (Wildman–Crippen MR) is 62.0 cm³/mol. The van der Waals surface area contributed by atoms with Crippen molar-refractivity contribution in [2.24, 2.45) is 0 Å². The molecule has 2 aromatic heterocycles. The van der Waals surface area contributed by atoms with Gasteiger partial charge in [-0.05, 0) is 13.0 Å². The van der Waals surface area contributed by atoms with E-state index in [0.717, 1.165) is 0 Å². The van der Waals surface area contributed by atoms with Gasteiger partial charge in [-0.25, -0.2) is 14.8 Å². The first kappa shape index (κ1) is 11.1. The Hall–Kier alpha value is -2.37. The van der Waals surface area contributed by atoms with Crippen molar-refractivity contribution in [3.63, 3.8) is 0 Å². The highest BCUT2D eigenvalue weighted by Crippen LogP contribution is 2.11. The van der Waals surface area contributed by atoms with Gasteiger partial charge in [0.25, 0.3) is 0 Å². The van der Waals surface area contributed by atoms with Crippen LogP contribution in [0.3, 0.4) is 0 Å². The molecule has 0 aromatic carbocycles. The molecule has 0 aliphatic rings. The number of carbonyl (C=O) groups excluding carboxylic acids is 1. The Morgan fingerprint density at radius 1 is 1.53 bits per heavy atom. The largest absolute Gasteiger partial charge is 0.478 e. The second-order valence-electron chi connectivity index (χ2n) is 3.22. The summed E-state index contributed by atoms with van der Waals surface area (Å²) in [5.74, 6) is 0.535. The maximum Gasteiger partial charge on any atom is 0.331 e. The Balaban J connectivity index is 2.01. The molecule has 2 rings (SSSR count). The van der Waals surface area contributed by atoms with Gasteiger partial charge in [-0.15, -0.1) is 0 Å². The van der Waals surface area contributed by atoms with Crippen molar-refractivity contribution in [3.05, 3.63) is 37.1 Å². The van der Waals surface area contributed by atoms with Gasteiger partial charge in [0.15, 0.2) is 0 Å². The van der Waals surface area contributed by atoms with E-state index in [4.69, 9.17) is 4.74 Å². The number of nitrogens with one attached hydrogen (secondary N) is 1. The standard InChI is InChI=1S/C11H12N4O2/c1-2-17-10-4-3-9(7-13-10)14-11(16)15-6-5-12-8-15/h3-8H,2H2,1H3,(H,14,16). The molecule has 0 aliphatic carbocycles. The van der Waals surface area contributed by atoms with Gasteiger partial charge in [0.05, 0.1) is 18.5 Å². The van der Waals surface area contributed by atoms with Crippen LogP contribution in [0.2, 0.25) is 0 Å². The number of ether oxygens (including phenoxy) is 1. The van der Waals surface area contributed by atoms with Crippen LogP contribution in [-0.4, -0.2) is 27.2 Å². The van der Waals surface area contributed by atoms with Gasteiger partial charge in [-0.3, -0.25) is 4.57 Å². The summed E-state index contributed by atoms with van der Waals surface area (Å²) in [5.41, 5.74) is 0.604. The van der Waals surface area contributed by atoms with E-state index in [0.29, 0.717) is 18.2 Å². The second-order valence-corrected chi connectivity index (χ2v) is 3.22. The second kappa shape index (κ2) is 5.11. The molecule has 0 atom stereocenters. The van der Waals surface area contributed by atoms with E-state index in [2.05, 4.69) is 15.3 Å². The molecule has 1 N–H and O–H groups in total. The van der Waals surface area contributed by atoms with Crippen LogP contribution in [0.5, 0.6) is 5.88 Å². The highest BCUT2D eigenvalue weighted by molar-refractivity contribution is 5.90. The third-order valence-corrected chi connectivity index (χ3v) is 2.02. The molecule has 0 aliphatic heterocycles. The van der Waals surface area contributed by atoms with Gasteiger partial charge >= 0.3 is 6.03 Å². The van der Waals surface area contributed by atoms with Crippen molar-refractivity contribution in [3.8, 4) is 5.88 Å². The fraction of sp³-hybridized carbons (Fsp3) is 0.182. The lowest BCUT2D eigenvalue weighted by Crippen LogP contribution is -2.17. The number of rotatable bonds is 3. The number of anilines is 1. The summed E-state index contributed by atoms with van der Waals surface area (Å²) in [7, 11) is 0. The smallest absolute Gasteiger partial charge is 0.331 e. The maximum atomic E-state index is 11.6. The van der Waals surface area contributed by atoms with Crippen LogP contribution in [0.1, 0.15) is 6.92 Å². The molecule has 0 unspecified atom stereocenters. The average molecular weight is 232 g/mol. The Kier molecular flexibility index (Phi) is 3.34. The van der Waals surface area contributed by atoms with Crippen LogP contribution in [0.25, 0.3) is 0 Å². The first-order valence-corrected chi connectivity index (χ1v) is 5.17. The number of amides is 1. The van der Waals surface area contributed by atoms with E-state index in [-0.39, 0.29) is 6.03 Å². The zero-order valence-electron chi connectivity index (χ0n) is 9.33. The molecule has 0 fully saturated rings. The van der Waals surface area contributed by atoms with Crippen LogP contribution < -0.4 is 10.1 Å². The lowest BCUT2D eigenvalue weighted by molar-refractivity contribution is 0.253. The van der Waals surface area contributed by atoms with Gasteiger partial charge in [-0.2, -0.15) is 0 Å². The van der Waals surface area contributed by atoms with E-state index in [9.17, 15) is 4.79 Å². The summed E-state index contributed by atoms with van der Waals surface area (Å²) in [6.07, 6.45) is 6.07. The molecule has 88 valence electrons. The first-order chi connectivity index (χ1) is 8.29. The van der Waals surface area contributed by atoms with E-state index >= 15 is 0 Å². The molecular weight excluding hydrogens is 220 g/mol. The Morgan fingerprint density at radius 3 is 3.00 bits per heavy atom. The Morgan fingerprint density at radius 2 is 2.41 bits per heavy atom. The van der Waals surface area contributed by atoms with Crippen LogP contribution in [0.4, 0.5) is 10.5 Å². The maximum absolute atomic E-state index is 11.6. The molecule has 2 heterocycles. The topological polar surface area (TPSA) is 69.0 Å². The van der Waals surface area contributed by atoms with Crippen LogP contribution in [-0.2, 0) is 0 Å². The summed E-state index contributed by atoms with van der Waals surface area (Å²) < 4.78 is 6.54. The van der Waals surface area contributed by atoms with Crippen molar-refractivity contribution in [2.45, 2.75) is 6.92 Å².